The lowest BCUT2D eigenvalue weighted by molar-refractivity contribution is -0.135. The van der Waals surface area contributed by atoms with Crippen molar-refractivity contribution >= 4 is 17.9 Å². The summed E-state index contributed by atoms with van der Waals surface area (Å²) in [6, 6.07) is 7.75. The van der Waals surface area contributed by atoms with Gasteiger partial charge in [0.15, 0.2) is 0 Å². The third-order valence-electron chi connectivity index (χ3n) is 2.81. The SMILES string of the molecule is CN(CC(N)=O)C(=O)[C@@H](NC(=O)OC(C)(C)C)c1ccccc1. The second-order valence-electron chi connectivity index (χ2n) is 6.15. The molecule has 0 saturated heterocycles. The number of ether oxygens (including phenoxy) is 1. The quantitative estimate of drug-likeness (QED) is 0.850. The summed E-state index contributed by atoms with van der Waals surface area (Å²) in [5, 5.41) is 2.54. The van der Waals surface area contributed by atoms with Gasteiger partial charge in [-0.25, -0.2) is 4.79 Å². The number of benzene rings is 1. The van der Waals surface area contributed by atoms with Crippen LogP contribution >= 0.6 is 0 Å². The van der Waals surface area contributed by atoms with Crippen LogP contribution in [0.15, 0.2) is 30.3 Å². The molecule has 0 unspecified atom stereocenters. The second kappa shape index (κ2) is 7.62. The van der Waals surface area contributed by atoms with Crippen molar-refractivity contribution in [3.8, 4) is 0 Å². The van der Waals surface area contributed by atoms with Gasteiger partial charge >= 0.3 is 6.09 Å². The van der Waals surface area contributed by atoms with E-state index < -0.39 is 29.6 Å². The zero-order valence-corrected chi connectivity index (χ0v) is 13.8. The summed E-state index contributed by atoms with van der Waals surface area (Å²) in [4.78, 5) is 36.7. The minimum Gasteiger partial charge on any atom is -0.444 e. The molecule has 0 heterocycles. The summed E-state index contributed by atoms with van der Waals surface area (Å²) in [5.74, 6) is -1.09. The topological polar surface area (TPSA) is 102 Å². The van der Waals surface area contributed by atoms with Crippen molar-refractivity contribution in [2.24, 2.45) is 5.73 Å². The Kier molecular flexibility index (Phi) is 6.12. The zero-order valence-electron chi connectivity index (χ0n) is 13.8. The van der Waals surface area contributed by atoms with Crippen LogP contribution in [-0.4, -0.2) is 42.0 Å². The summed E-state index contributed by atoms with van der Waals surface area (Å²) >= 11 is 0. The first kappa shape index (κ1) is 18.5. The maximum atomic E-state index is 12.5. The highest BCUT2D eigenvalue weighted by Crippen LogP contribution is 2.16. The molecule has 126 valence electrons. The average Bonchev–Trinajstić information content (AvgIpc) is 2.42. The molecule has 0 aliphatic rings. The molecule has 3 N–H and O–H groups in total. The molecule has 0 aliphatic carbocycles. The smallest absolute Gasteiger partial charge is 0.408 e. The molecule has 0 bridgehead atoms. The number of alkyl carbamates (subject to hydrolysis) is 1. The van der Waals surface area contributed by atoms with Crippen molar-refractivity contribution in [3.63, 3.8) is 0 Å². The number of amides is 3. The number of nitrogens with one attached hydrogen (secondary N) is 1. The fourth-order valence-electron chi connectivity index (χ4n) is 1.89. The number of likely N-dealkylation sites (N-methyl/N-ethyl adjacent to an activating group) is 1. The van der Waals surface area contributed by atoms with Crippen molar-refractivity contribution < 1.29 is 19.1 Å². The molecule has 1 atom stereocenters. The molecule has 0 fully saturated rings. The van der Waals surface area contributed by atoms with Crippen LogP contribution in [0.4, 0.5) is 4.79 Å². The number of carbonyl (C=O) groups excluding carboxylic acids is 3. The first-order chi connectivity index (χ1) is 10.6. The minimum absolute atomic E-state index is 0.238. The van der Waals surface area contributed by atoms with Crippen LogP contribution < -0.4 is 11.1 Å². The summed E-state index contributed by atoms with van der Waals surface area (Å²) in [7, 11) is 1.44. The Labute approximate surface area is 135 Å². The van der Waals surface area contributed by atoms with E-state index in [9.17, 15) is 14.4 Å². The molecule has 7 heteroatoms. The lowest BCUT2D eigenvalue weighted by Gasteiger charge is -2.26. The van der Waals surface area contributed by atoms with Crippen molar-refractivity contribution in [1.29, 1.82) is 0 Å². The van der Waals surface area contributed by atoms with Gasteiger partial charge in [0.2, 0.25) is 11.8 Å². The number of hydrogen-bond donors (Lipinski definition) is 2. The predicted molar refractivity (Wildman–Crippen MR) is 85.4 cm³/mol. The molecule has 0 spiro atoms. The molecule has 0 radical (unpaired) electrons. The van der Waals surface area contributed by atoms with Crippen molar-refractivity contribution in [3.05, 3.63) is 35.9 Å². The van der Waals surface area contributed by atoms with Crippen LogP contribution in [-0.2, 0) is 14.3 Å². The number of carbonyl (C=O) groups is 3. The maximum absolute atomic E-state index is 12.5. The third kappa shape index (κ3) is 6.37. The maximum Gasteiger partial charge on any atom is 0.408 e. The van der Waals surface area contributed by atoms with Crippen LogP contribution in [0.3, 0.4) is 0 Å². The van der Waals surface area contributed by atoms with E-state index in [0.29, 0.717) is 5.56 Å². The van der Waals surface area contributed by atoms with E-state index in [4.69, 9.17) is 10.5 Å². The Morgan fingerprint density at radius 3 is 2.26 bits per heavy atom. The highest BCUT2D eigenvalue weighted by molar-refractivity contribution is 5.89. The summed E-state index contributed by atoms with van der Waals surface area (Å²) < 4.78 is 5.19. The van der Waals surface area contributed by atoms with Crippen molar-refractivity contribution in [2.45, 2.75) is 32.4 Å². The van der Waals surface area contributed by atoms with Crippen LogP contribution in [0.2, 0.25) is 0 Å². The van der Waals surface area contributed by atoms with Gasteiger partial charge in [-0.1, -0.05) is 30.3 Å². The first-order valence-corrected chi connectivity index (χ1v) is 7.18. The number of hydrogen-bond acceptors (Lipinski definition) is 4. The Morgan fingerprint density at radius 2 is 1.78 bits per heavy atom. The molecule has 1 aromatic carbocycles. The van der Waals surface area contributed by atoms with Crippen LogP contribution in [0.25, 0.3) is 0 Å². The van der Waals surface area contributed by atoms with Gasteiger partial charge in [-0.2, -0.15) is 0 Å². The highest BCUT2D eigenvalue weighted by atomic mass is 16.6. The van der Waals surface area contributed by atoms with Gasteiger partial charge in [0.25, 0.3) is 0 Å². The standard InChI is InChI=1S/C16H23N3O4/c1-16(2,3)23-15(22)18-13(11-8-6-5-7-9-11)14(21)19(4)10-12(17)20/h5-9,13H,10H2,1-4H3,(H2,17,20)(H,18,22)/t13-/m0/s1. The van der Waals surface area contributed by atoms with Gasteiger partial charge in [-0.3, -0.25) is 9.59 Å². The Bertz CT molecular complexity index is 566. The van der Waals surface area contributed by atoms with E-state index in [-0.39, 0.29) is 6.54 Å². The van der Waals surface area contributed by atoms with E-state index in [2.05, 4.69) is 5.32 Å². The predicted octanol–water partition coefficient (Wildman–Crippen LogP) is 1.20. The molecular formula is C16H23N3O4. The molecule has 3 amide bonds. The van der Waals surface area contributed by atoms with Gasteiger partial charge in [0.05, 0.1) is 6.54 Å². The van der Waals surface area contributed by atoms with Gasteiger partial charge in [-0.05, 0) is 26.3 Å². The van der Waals surface area contributed by atoms with E-state index in [0.717, 1.165) is 4.90 Å². The zero-order chi connectivity index (χ0) is 17.6. The molecule has 1 aromatic rings. The largest absolute Gasteiger partial charge is 0.444 e. The first-order valence-electron chi connectivity index (χ1n) is 7.18. The highest BCUT2D eigenvalue weighted by Gasteiger charge is 2.28. The normalized spacial score (nSPS) is 12.2. The monoisotopic (exact) mass is 321 g/mol. The molecular weight excluding hydrogens is 298 g/mol. The van der Waals surface area contributed by atoms with E-state index >= 15 is 0 Å². The molecule has 1 rings (SSSR count). The summed E-state index contributed by atoms with van der Waals surface area (Å²) in [5.41, 5.74) is 5.01. The molecule has 23 heavy (non-hydrogen) atoms. The Balaban J connectivity index is 2.97. The van der Waals surface area contributed by atoms with Crippen LogP contribution in [0.5, 0.6) is 0 Å². The molecule has 0 aromatic heterocycles. The molecule has 0 saturated carbocycles. The number of nitrogens with two attached hydrogens (primary N) is 1. The van der Waals surface area contributed by atoms with Gasteiger partial charge in [-0.15, -0.1) is 0 Å². The molecule has 0 aliphatic heterocycles. The van der Waals surface area contributed by atoms with Crippen molar-refractivity contribution in [1.82, 2.24) is 10.2 Å². The number of primary amides is 1. The molecule has 7 nitrogen and oxygen atoms in total. The summed E-state index contributed by atoms with van der Waals surface area (Å²) in [6.07, 6.45) is -0.716. The second-order valence-corrected chi connectivity index (χ2v) is 6.15. The van der Waals surface area contributed by atoms with Gasteiger partial charge < -0.3 is 20.7 Å². The fraction of sp³-hybridized carbons (Fsp3) is 0.438. The Morgan fingerprint density at radius 1 is 1.22 bits per heavy atom. The fourth-order valence-corrected chi connectivity index (χ4v) is 1.89. The van der Waals surface area contributed by atoms with Crippen LogP contribution in [0, 0.1) is 0 Å². The van der Waals surface area contributed by atoms with E-state index in [1.807, 2.05) is 0 Å². The lowest BCUT2D eigenvalue weighted by atomic mass is 10.1. The van der Waals surface area contributed by atoms with E-state index in [1.165, 1.54) is 7.05 Å². The van der Waals surface area contributed by atoms with E-state index in [1.54, 1.807) is 51.1 Å². The summed E-state index contributed by atoms with van der Waals surface area (Å²) in [6.45, 7) is 4.94. The average molecular weight is 321 g/mol. The minimum atomic E-state index is -0.963. The third-order valence-corrected chi connectivity index (χ3v) is 2.81. The van der Waals surface area contributed by atoms with Gasteiger partial charge in [0, 0.05) is 7.05 Å². The van der Waals surface area contributed by atoms with Gasteiger partial charge in [0.1, 0.15) is 11.6 Å². The number of nitrogens with zero attached hydrogens (tertiary/aromatic N) is 1. The lowest BCUT2D eigenvalue weighted by Crippen LogP contribution is -2.45. The number of rotatable bonds is 5. The Hall–Kier alpha value is -2.57. The van der Waals surface area contributed by atoms with Crippen molar-refractivity contribution in [2.75, 3.05) is 13.6 Å². The van der Waals surface area contributed by atoms with Crippen LogP contribution in [0.1, 0.15) is 32.4 Å².